The summed E-state index contributed by atoms with van der Waals surface area (Å²) in [5.74, 6) is 5.30. The van der Waals surface area contributed by atoms with Crippen LogP contribution < -0.4 is 5.32 Å². The minimum Gasteiger partial charge on any atom is -0.319 e. The second kappa shape index (κ2) is 7.66. The zero-order valence-electron chi connectivity index (χ0n) is 12.9. The van der Waals surface area contributed by atoms with Crippen LogP contribution in [-0.4, -0.2) is 40.8 Å². The Balaban J connectivity index is 2.15. The van der Waals surface area contributed by atoms with Gasteiger partial charge >= 0.3 is 0 Å². The van der Waals surface area contributed by atoms with Crippen LogP contribution in [0.25, 0.3) is 0 Å². The molecule has 1 aromatic heterocycles. The number of rotatable bonds is 5. The quantitative estimate of drug-likeness (QED) is 0.905. The summed E-state index contributed by atoms with van der Waals surface area (Å²) in [6, 6.07) is 0. The molecule has 1 aliphatic heterocycles. The average molecular weight is 312 g/mol. The lowest BCUT2D eigenvalue weighted by Gasteiger charge is -2.22. The predicted octanol–water partition coefficient (Wildman–Crippen LogP) is 3.01. The van der Waals surface area contributed by atoms with Gasteiger partial charge in [-0.1, -0.05) is 6.92 Å². The third-order valence-corrected chi connectivity index (χ3v) is 6.40. The van der Waals surface area contributed by atoms with Gasteiger partial charge in [0.05, 0.1) is 5.25 Å². The zero-order valence-corrected chi connectivity index (χ0v) is 14.5. The number of hydrogen-bond acceptors (Lipinski definition) is 5. The van der Waals surface area contributed by atoms with Crippen LogP contribution in [0.1, 0.15) is 34.9 Å². The molecule has 112 valence electrons. The molecule has 3 nitrogen and oxygen atoms in total. The minimum atomic E-state index is 0.481. The molecule has 0 saturated carbocycles. The van der Waals surface area contributed by atoms with Crippen molar-refractivity contribution in [3.05, 3.63) is 22.8 Å². The van der Waals surface area contributed by atoms with E-state index in [2.05, 4.69) is 26.1 Å². The van der Waals surface area contributed by atoms with Crippen LogP contribution in [-0.2, 0) is 6.42 Å². The Labute approximate surface area is 131 Å². The third-order valence-electron chi connectivity index (χ3n) is 3.65. The summed E-state index contributed by atoms with van der Waals surface area (Å²) in [7, 11) is 2.01. The molecule has 0 aliphatic carbocycles. The summed E-state index contributed by atoms with van der Waals surface area (Å²) in [4.78, 5) is 9.61. The second-order valence-corrected chi connectivity index (χ2v) is 7.99. The van der Waals surface area contributed by atoms with Crippen LogP contribution in [0.5, 0.6) is 0 Å². The van der Waals surface area contributed by atoms with Gasteiger partial charge in [-0.25, -0.2) is 9.97 Å². The predicted molar refractivity (Wildman–Crippen MR) is 90.8 cm³/mol. The summed E-state index contributed by atoms with van der Waals surface area (Å²) in [5.41, 5.74) is 3.68. The van der Waals surface area contributed by atoms with Gasteiger partial charge in [0, 0.05) is 28.6 Å². The second-order valence-electron chi connectivity index (χ2n) is 5.53. The lowest BCUT2D eigenvalue weighted by molar-refractivity contribution is 0.536. The Morgan fingerprint density at radius 1 is 1.25 bits per heavy atom. The Hall–Kier alpha value is -0.260. The van der Waals surface area contributed by atoms with Gasteiger partial charge < -0.3 is 5.32 Å². The van der Waals surface area contributed by atoms with Gasteiger partial charge in [-0.05, 0) is 45.3 Å². The monoisotopic (exact) mass is 311 g/mol. The first-order chi connectivity index (χ1) is 9.61. The van der Waals surface area contributed by atoms with Crippen LogP contribution >= 0.6 is 23.5 Å². The molecule has 5 heteroatoms. The molecule has 0 spiro atoms. The highest BCUT2D eigenvalue weighted by Crippen LogP contribution is 2.35. The highest BCUT2D eigenvalue weighted by atomic mass is 32.2. The van der Waals surface area contributed by atoms with Crippen LogP contribution in [0, 0.1) is 19.8 Å². The molecule has 2 heterocycles. The number of thioether (sulfide) groups is 2. The highest BCUT2D eigenvalue weighted by molar-refractivity contribution is 8.06. The topological polar surface area (TPSA) is 37.8 Å². The van der Waals surface area contributed by atoms with Crippen molar-refractivity contribution in [2.75, 3.05) is 30.9 Å². The maximum atomic E-state index is 4.81. The fourth-order valence-corrected chi connectivity index (χ4v) is 5.21. The van der Waals surface area contributed by atoms with Crippen molar-refractivity contribution in [2.24, 2.45) is 5.92 Å². The Morgan fingerprint density at radius 2 is 1.95 bits per heavy atom. The standard InChI is InChI=1S/C15H25N3S2/c1-10(8-16-4)7-13-11(2)17-15(18-12(13)3)14-9-19-5-6-20-14/h10,14,16H,5-9H2,1-4H3. The molecule has 0 radical (unpaired) electrons. The molecule has 0 aromatic carbocycles. The fraction of sp³-hybridized carbons (Fsp3) is 0.733. The van der Waals surface area contributed by atoms with Gasteiger partial charge in [0.15, 0.2) is 0 Å². The van der Waals surface area contributed by atoms with Crippen molar-refractivity contribution in [2.45, 2.75) is 32.4 Å². The van der Waals surface area contributed by atoms with Crippen molar-refractivity contribution < 1.29 is 0 Å². The minimum absolute atomic E-state index is 0.481. The number of nitrogens with one attached hydrogen (secondary N) is 1. The van der Waals surface area contributed by atoms with E-state index in [1.807, 2.05) is 30.6 Å². The molecule has 1 saturated heterocycles. The first kappa shape index (κ1) is 16.1. The smallest absolute Gasteiger partial charge is 0.142 e. The molecule has 2 unspecified atom stereocenters. The lowest BCUT2D eigenvalue weighted by Crippen LogP contribution is -2.20. The first-order valence-corrected chi connectivity index (χ1v) is 9.50. The maximum absolute atomic E-state index is 4.81. The fourth-order valence-electron chi connectivity index (χ4n) is 2.61. The van der Waals surface area contributed by atoms with Crippen LogP contribution in [0.4, 0.5) is 0 Å². The number of nitrogens with zero attached hydrogens (tertiary/aromatic N) is 2. The van der Waals surface area contributed by atoms with Gasteiger partial charge in [0.2, 0.25) is 0 Å². The largest absolute Gasteiger partial charge is 0.319 e. The molecular weight excluding hydrogens is 286 g/mol. The molecule has 0 bridgehead atoms. The average Bonchev–Trinajstić information content (AvgIpc) is 2.44. The third kappa shape index (κ3) is 4.12. The molecule has 2 atom stereocenters. The van der Waals surface area contributed by atoms with E-state index in [0.717, 1.165) is 24.5 Å². The molecular formula is C15H25N3S2. The van der Waals surface area contributed by atoms with E-state index < -0.39 is 0 Å². The van der Waals surface area contributed by atoms with E-state index in [0.29, 0.717) is 11.2 Å². The lowest BCUT2D eigenvalue weighted by atomic mass is 9.98. The maximum Gasteiger partial charge on any atom is 0.142 e. The van der Waals surface area contributed by atoms with Crippen molar-refractivity contribution in [1.29, 1.82) is 0 Å². The van der Waals surface area contributed by atoms with E-state index >= 15 is 0 Å². The molecule has 1 fully saturated rings. The van der Waals surface area contributed by atoms with E-state index in [9.17, 15) is 0 Å². The number of hydrogen-bond donors (Lipinski definition) is 1. The van der Waals surface area contributed by atoms with Gasteiger partial charge in [0.1, 0.15) is 5.82 Å². The molecule has 20 heavy (non-hydrogen) atoms. The van der Waals surface area contributed by atoms with Crippen molar-refractivity contribution in [3.8, 4) is 0 Å². The van der Waals surface area contributed by atoms with Crippen molar-refractivity contribution in [3.63, 3.8) is 0 Å². The number of aryl methyl sites for hydroxylation is 2. The summed E-state index contributed by atoms with van der Waals surface area (Å²) in [6.45, 7) is 7.59. The van der Waals surface area contributed by atoms with E-state index in [4.69, 9.17) is 9.97 Å². The van der Waals surface area contributed by atoms with E-state index in [1.54, 1.807) is 0 Å². The zero-order chi connectivity index (χ0) is 14.5. The van der Waals surface area contributed by atoms with Gasteiger partial charge in [-0.15, -0.1) is 11.8 Å². The summed E-state index contributed by atoms with van der Waals surface area (Å²) in [5, 5.41) is 3.72. The molecule has 2 rings (SSSR count). The Morgan fingerprint density at radius 3 is 2.50 bits per heavy atom. The van der Waals surface area contributed by atoms with Crippen LogP contribution in [0.15, 0.2) is 0 Å². The highest BCUT2D eigenvalue weighted by Gasteiger charge is 2.21. The van der Waals surface area contributed by atoms with Gasteiger partial charge in [-0.3, -0.25) is 0 Å². The van der Waals surface area contributed by atoms with E-state index in [1.165, 1.54) is 28.5 Å². The number of aromatic nitrogens is 2. The molecule has 1 aromatic rings. The first-order valence-electron chi connectivity index (χ1n) is 7.29. The van der Waals surface area contributed by atoms with Crippen LogP contribution in [0.3, 0.4) is 0 Å². The normalized spacial score (nSPS) is 20.9. The summed E-state index contributed by atoms with van der Waals surface area (Å²) >= 11 is 4.03. The van der Waals surface area contributed by atoms with Gasteiger partial charge in [-0.2, -0.15) is 11.8 Å². The van der Waals surface area contributed by atoms with E-state index in [-0.39, 0.29) is 0 Å². The van der Waals surface area contributed by atoms with Crippen molar-refractivity contribution in [1.82, 2.24) is 15.3 Å². The van der Waals surface area contributed by atoms with Gasteiger partial charge in [0.25, 0.3) is 0 Å². The van der Waals surface area contributed by atoms with Crippen molar-refractivity contribution >= 4 is 23.5 Å². The Bertz CT molecular complexity index is 422. The SMILES string of the molecule is CNCC(C)Cc1c(C)nc(C2CSCCS2)nc1C. The summed E-state index contributed by atoms with van der Waals surface area (Å²) < 4.78 is 0. The Kier molecular flexibility index (Phi) is 6.18. The van der Waals surface area contributed by atoms with Crippen LogP contribution in [0.2, 0.25) is 0 Å². The molecule has 0 amide bonds. The molecule has 1 N–H and O–H groups in total. The summed E-state index contributed by atoms with van der Waals surface area (Å²) in [6.07, 6.45) is 1.06. The molecule has 1 aliphatic rings.